The molecule has 0 fully saturated rings. The van der Waals surface area contributed by atoms with Gasteiger partial charge in [-0.1, -0.05) is 24.3 Å². The SMILES string of the molecule is CN(C)c1ccc(Cc2ccc(N)cc2)cc1. The van der Waals surface area contributed by atoms with Crippen LogP contribution in [0.4, 0.5) is 11.4 Å². The Morgan fingerprint density at radius 2 is 1.29 bits per heavy atom. The maximum atomic E-state index is 5.67. The van der Waals surface area contributed by atoms with Gasteiger partial charge in [0.2, 0.25) is 0 Å². The van der Waals surface area contributed by atoms with E-state index in [9.17, 15) is 0 Å². The third-order valence-corrected chi connectivity index (χ3v) is 2.84. The molecular weight excluding hydrogens is 208 g/mol. The van der Waals surface area contributed by atoms with Gasteiger partial charge in [0.25, 0.3) is 0 Å². The number of hydrogen-bond acceptors (Lipinski definition) is 2. The molecule has 0 aliphatic carbocycles. The van der Waals surface area contributed by atoms with Gasteiger partial charge in [-0.05, 0) is 41.8 Å². The van der Waals surface area contributed by atoms with E-state index in [2.05, 4.69) is 55.4 Å². The second kappa shape index (κ2) is 4.91. The molecule has 0 spiro atoms. The minimum atomic E-state index is 0.816. The van der Waals surface area contributed by atoms with Crippen LogP contribution in [0.5, 0.6) is 0 Å². The molecule has 0 aliphatic rings. The molecule has 0 bridgehead atoms. The lowest BCUT2D eigenvalue weighted by atomic mass is 10.0. The van der Waals surface area contributed by atoms with Crippen LogP contribution in [0.1, 0.15) is 11.1 Å². The van der Waals surface area contributed by atoms with Gasteiger partial charge in [0, 0.05) is 25.5 Å². The number of nitrogens with zero attached hydrogens (tertiary/aromatic N) is 1. The van der Waals surface area contributed by atoms with E-state index >= 15 is 0 Å². The smallest absolute Gasteiger partial charge is 0.0361 e. The van der Waals surface area contributed by atoms with Crippen molar-refractivity contribution in [2.24, 2.45) is 0 Å². The van der Waals surface area contributed by atoms with Crippen LogP contribution in [0.3, 0.4) is 0 Å². The van der Waals surface area contributed by atoms with Gasteiger partial charge in [-0.3, -0.25) is 0 Å². The van der Waals surface area contributed by atoms with Crippen molar-refractivity contribution < 1.29 is 0 Å². The largest absolute Gasteiger partial charge is 0.399 e. The normalized spacial score (nSPS) is 10.2. The van der Waals surface area contributed by atoms with E-state index in [0.717, 1.165) is 12.1 Å². The summed E-state index contributed by atoms with van der Waals surface area (Å²) in [4.78, 5) is 2.10. The summed E-state index contributed by atoms with van der Waals surface area (Å²) in [5.41, 5.74) is 10.3. The van der Waals surface area contributed by atoms with Crippen molar-refractivity contribution in [2.75, 3.05) is 24.7 Å². The molecule has 0 radical (unpaired) electrons. The fourth-order valence-corrected chi connectivity index (χ4v) is 1.78. The fourth-order valence-electron chi connectivity index (χ4n) is 1.78. The minimum absolute atomic E-state index is 0.816. The van der Waals surface area contributed by atoms with E-state index in [1.807, 2.05) is 12.1 Å². The number of benzene rings is 2. The van der Waals surface area contributed by atoms with E-state index < -0.39 is 0 Å². The van der Waals surface area contributed by atoms with Crippen LogP contribution in [-0.4, -0.2) is 14.1 Å². The van der Waals surface area contributed by atoms with Gasteiger partial charge in [-0.25, -0.2) is 0 Å². The first kappa shape index (κ1) is 11.5. The predicted octanol–water partition coefficient (Wildman–Crippen LogP) is 2.93. The van der Waals surface area contributed by atoms with Crippen molar-refractivity contribution in [3.05, 3.63) is 59.7 Å². The van der Waals surface area contributed by atoms with Crippen molar-refractivity contribution in [3.8, 4) is 0 Å². The summed E-state index contributed by atoms with van der Waals surface area (Å²) in [5, 5.41) is 0. The molecule has 2 aromatic rings. The molecule has 0 heterocycles. The first-order valence-electron chi connectivity index (χ1n) is 5.76. The molecule has 17 heavy (non-hydrogen) atoms. The molecule has 0 saturated heterocycles. The van der Waals surface area contributed by atoms with E-state index in [4.69, 9.17) is 5.73 Å². The first-order chi connectivity index (χ1) is 8.15. The molecule has 2 N–H and O–H groups in total. The number of nitrogen functional groups attached to an aromatic ring is 1. The van der Waals surface area contributed by atoms with Gasteiger partial charge in [0.05, 0.1) is 0 Å². The molecule has 2 rings (SSSR count). The molecule has 0 amide bonds. The van der Waals surface area contributed by atoms with Gasteiger partial charge < -0.3 is 10.6 Å². The van der Waals surface area contributed by atoms with Crippen LogP contribution in [0.15, 0.2) is 48.5 Å². The molecular formula is C15H18N2. The summed E-state index contributed by atoms with van der Waals surface area (Å²) in [7, 11) is 4.10. The lowest BCUT2D eigenvalue weighted by Gasteiger charge is -2.12. The molecule has 0 atom stereocenters. The Hall–Kier alpha value is -1.96. The average Bonchev–Trinajstić information content (AvgIpc) is 2.33. The van der Waals surface area contributed by atoms with Crippen LogP contribution in [0.2, 0.25) is 0 Å². The van der Waals surface area contributed by atoms with Crippen molar-refractivity contribution in [1.29, 1.82) is 0 Å². The van der Waals surface area contributed by atoms with Crippen molar-refractivity contribution in [3.63, 3.8) is 0 Å². The number of rotatable bonds is 3. The maximum Gasteiger partial charge on any atom is 0.0361 e. The molecule has 2 nitrogen and oxygen atoms in total. The molecule has 0 unspecified atom stereocenters. The highest BCUT2D eigenvalue weighted by Crippen LogP contribution is 2.16. The zero-order valence-electron chi connectivity index (χ0n) is 10.4. The Morgan fingerprint density at radius 1 is 0.824 bits per heavy atom. The molecule has 88 valence electrons. The zero-order chi connectivity index (χ0) is 12.3. The van der Waals surface area contributed by atoms with Gasteiger partial charge >= 0.3 is 0 Å². The zero-order valence-corrected chi connectivity index (χ0v) is 10.4. The molecule has 2 aromatic carbocycles. The summed E-state index contributed by atoms with van der Waals surface area (Å²) in [6.07, 6.45) is 0.952. The Bertz CT molecular complexity index is 469. The van der Waals surface area contributed by atoms with Crippen LogP contribution >= 0.6 is 0 Å². The van der Waals surface area contributed by atoms with E-state index in [1.165, 1.54) is 16.8 Å². The Morgan fingerprint density at radius 3 is 1.76 bits per heavy atom. The number of anilines is 2. The summed E-state index contributed by atoms with van der Waals surface area (Å²) in [6, 6.07) is 16.7. The van der Waals surface area contributed by atoms with E-state index in [-0.39, 0.29) is 0 Å². The Kier molecular flexibility index (Phi) is 3.33. The summed E-state index contributed by atoms with van der Waals surface area (Å²) in [6.45, 7) is 0. The van der Waals surface area contributed by atoms with Gasteiger partial charge in [-0.15, -0.1) is 0 Å². The highest BCUT2D eigenvalue weighted by molar-refractivity contribution is 5.47. The highest BCUT2D eigenvalue weighted by Gasteiger charge is 1.98. The second-order valence-electron chi connectivity index (χ2n) is 4.48. The van der Waals surface area contributed by atoms with Crippen LogP contribution < -0.4 is 10.6 Å². The van der Waals surface area contributed by atoms with Crippen molar-refractivity contribution in [1.82, 2.24) is 0 Å². The third-order valence-electron chi connectivity index (χ3n) is 2.84. The summed E-state index contributed by atoms with van der Waals surface area (Å²) < 4.78 is 0. The topological polar surface area (TPSA) is 29.3 Å². The lowest BCUT2D eigenvalue weighted by Crippen LogP contribution is -2.08. The monoisotopic (exact) mass is 226 g/mol. The lowest BCUT2D eigenvalue weighted by molar-refractivity contribution is 1.12. The summed E-state index contributed by atoms with van der Waals surface area (Å²) >= 11 is 0. The highest BCUT2D eigenvalue weighted by atomic mass is 15.1. The van der Waals surface area contributed by atoms with E-state index in [1.54, 1.807) is 0 Å². The summed E-state index contributed by atoms with van der Waals surface area (Å²) in [5.74, 6) is 0. The average molecular weight is 226 g/mol. The minimum Gasteiger partial charge on any atom is -0.399 e. The van der Waals surface area contributed by atoms with Crippen molar-refractivity contribution in [2.45, 2.75) is 6.42 Å². The quantitative estimate of drug-likeness (QED) is 0.815. The van der Waals surface area contributed by atoms with Crippen LogP contribution in [0.25, 0.3) is 0 Å². The number of nitrogens with two attached hydrogens (primary N) is 1. The molecule has 0 saturated carbocycles. The van der Waals surface area contributed by atoms with Crippen LogP contribution in [-0.2, 0) is 6.42 Å². The molecule has 0 aliphatic heterocycles. The number of hydrogen-bond donors (Lipinski definition) is 1. The van der Waals surface area contributed by atoms with E-state index in [0.29, 0.717) is 0 Å². The Balaban J connectivity index is 2.11. The first-order valence-corrected chi connectivity index (χ1v) is 5.76. The van der Waals surface area contributed by atoms with Crippen molar-refractivity contribution >= 4 is 11.4 Å². The molecule has 0 aromatic heterocycles. The predicted molar refractivity (Wildman–Crippen MR) is 74.4 cm³/mol. The fraction of sp³-hybridized carbons (Fsp3) is 0.200. The molecule has 2 heteroatoms. The van der Waals surface area contributed by atoms with Gasteiger partial charge in [0.1, 0.15) is 0 Å². The maximum absolute atomic E-state index is 5.67. The van der Waals surface area contributed by atoms with Crippen LogP contribution in [0, 0.1) is 0 Å². The second-order valence-corrected chi connectivity index (χ2v) is 4.48. The third kappa shape index (κ3) is 3.00. The van der Waals surface area contributed by atoms with Gasteiger partial charge in [0.15, 0.2) is 0 Å². The van der Waals surface area contributed by atoms with Gasteiger partial charge in [-0.2, -0.15) is 0 Å². The Labute approximate surface area is 103 Å². The standard InChI is InChI=1S/C15H18N2/c1-17(2)15-9-5-13(6-10-15)11-12-3-7-14(16)8-4-12/h3-10H,11,16H2,1-2H3.